The molecule has 122 valence electrons. The average molecular weight is 302 g/mol. The van der Waals surface area contributed by atoms with E-state index in [4.69, 9.17) is 15.6 Å². The van der Waals surface area contributed by atoms with Crippen molar-refractivity contribution in [1.82, 2.24) is 5.32 Å². The Morgan fingerprint density at radius 1 is 1.29 bits per heavy atom. The van der Waals surface area contributed by atoms with Crippen LogP contribution in [0.3, 0.4) is 0 Å². The molecule has 1 amide bonds. The minimum absolute atomic E-state index is 0.0749. The van der Waals surface area contributed by atoms with Gasteiger partial charge in [-0.1, -0.05) is 20.3 Å². The molecule has 0 fully saturated rings. The van der Waals surface area contributed by atoms with Crippen LogP contribution in [0.2, 0.25) is 0 Å². The quantitative estimate of drug-likeness (QED) is 0.594. The van der Waals surface area contributed by atoms with Gasteiger partial charge in [0.25, 0.3) is 0 Å². The predicted molar refractivity (Wildman–Crippen MR) is 77.5 cm³/mol. The van der Waals surface area contributed by atoms with E-state index < -0.39 is 42.0 Å². The van der Waals surface area contributed by atoms with Crippen LogP contribution in [0.15, 0.2) is 0 Å². The Bertz CT molecular complexity index is 389. The minimum atomic E-state index is -1.25. The molecule has 0 aromatic heterocycles. The van der Waals surface area contributed by atoms with Crippen LogP contribution in [0.5, 0.6) is 0 Å². The number of hydrogen-bond acceptors (Lipinski definition) is 5. The highest BCUT2D eigenvalue weighted by molar-refractivity contribution is 5.90. The second-order valence-corrected chi connectivity index (χ2v) is 6.10. The first kappa shape index (κ1) is 19.4. The highest BCUT2D eigenvalue weighted by Crippen LogP contribution is 2.11. The molecule has 0 aliphatic carbocycles. The van der Waals surface area contributed by atoms with E-state index >= 15 is 0 Å². The zero-order valence-electron chi connectivity index (χ0n) is 13.3. The summed E-state index contributed by atoms with van der Waals surface area (Å²) < 4.78 is 5.11. The van der Waals surface area contributed by atoms with Gasteiger partial charge in [-0.05, 0) is 26.7 Å². The standard InChI is InChI=1S/C14H26N2O5/c1-6-8(2)11(15)12(19)16-9(7-10(17)18)13(20)21-14(3,4)5/h8-9,11H,6-7,15H2,1-5H3,(H,16,19)(H,17,18). The third kappa shape index (κ3) is 7.65. The van der Waals surface area contributed by atoms with E-state index in [1.54, 1.807) is 20.8 Å². The number of amides is 1. The fourth-order valence-corrected chi connectivity index (χ4v) is 1.52. The molecule has 0 saturated heterocycles. The van der Waals surface area contributed by atoms with Crippen molar-refractivity contribution >= 4 is 17.8 Å². The fourth-order valence-electron chi connectivity index (χ4n) is 1.52. The van der Waals surface area contributed by atoms with Gasteiger partial charge in [0.2, 0.25) is 5.91 Å². The summed E-state index contributed by atoms with van der Waals surface area (Å²) in [5.74, 6) is -2.62. The Kier molecular flexibility index (Phi) is 7.35. The van der Waals surface area contributed by atoms with Gasteiger partial charge in [-0.3, -0.25) is 9.59 Å². The van der Waals surface area contributed by atoms with Crippen molar-refractivity contribution in [3.8, 4) is 0 Å². The molecule has 0 aliphatic rings. The molecular formula is C14H26N2O5. The van der Waals surface area contributed by atoms with Crippen LogP contribution in [0.1, 0.15) is 47.5 Å². The van der Waals surface area contributed by atoms with Crippen molar-refractivity contribution in [3.63, 3.8) is 0 Å². The molecule has 0 bridgehead atoms. The first-order chi connectivity index (χ1) is 9.47. The molecule has 3 atom stereocenters. The molecule has 7 nitrogen and oxygen atoms in total. The summed E-state index contributed by atoms with van der Waals surface area (Å²) in [7, 11) is 0. The van der Waals surface area contributed by atoms with E-state index in [0.717, 1.165) is 0 Å². The molecule has 0 rings (SSSR count). The second kappa shape index (κ2) is 7.97. The lowest BCUT2D eigenvalue weighted by Gasteiger charge is -2.25. The largest absolute Gasteiger partial charge is 0.481 e. The van der Waals surface area contributed by atoms with Gasteiger partial charge in [-0.15, -0.1) is 0 Å². The van der Waals surface area contributed by atoms with Gasteiger partial charge in [-0.2, -0.15) is 0 Å². The number of ether oxygens (including phenoxy) is 1. The molecule has 0 radical (unpaired) electrons. The van der Waals surface area contributed by atoms with E-state index in [1.165, 1.54) is 0 Å². The van der Waals surface area contributed by atoms with E-state index in [-0.39, 0.29) is 5.92 Å². The average Bonchev–Trinajstić information content (AvgIpc) is 2.33. The third-order valence-electron chi connectivity index (χ3n) is 2.95. The highest BCUT2D eigenvalue weighted by Gasteiger charge is 2.31. The van der Waals surface area contributed by atoms with Crippen LogP contribution in [0.25, 0.3) is 0 Å². The van der Waals surface area contributed by atoms with Crippen molar-refractivity contribution in [3.05, 3.63) is 0 Å². The summed E-state index contributed by atoms with van der Waals surface area (Å²) in [5.41, 5.74) is 5.00. The Balaban J connectivity index is 4.88. The van der Waals surface area contributed by atoms with Crippen LogP contribution in [-0.4, -0.2) is 40.6 Å². The topological polar surface area (TPSA) is 119 Å². The van der Waals surface area contributed by atoms with Crippen molar-refractivity contribution in [2.45, 2.75) is 65.1 Å². The first-order valence-electron chi connectivity index (χ1n) is 6.98. The number of hydrogen-bond donors (Lipinski definition) is 3. The molecule has 3 unspecified atom stereocenters. The van der Waals surface area contributed by atoms with Gasteiger partial charge in [0.1, 0.15) is 11.6 Å². The molecule has 0 spiro atoms. The summed E-state index contributed by atoms with van der Waals surface area (Å²) in [6.45, 7) is 8.69. The highest BCUT2D eigenvalue weighted by atomic mass is 16.6. The normalized spacial score (nSPS) is 15.7. The first-order valence-corrected chi connectivity index (χ1v) is 6.98. The molecule has 0 aromatic rings. The number of aliphatic carboxylic acids is 1. The van der Waals surface area contributed by atoms with E-state index in [2.05, 4.69) is 5.32 Å². The number of carboxylic acids is 1. The number of rotatable bonds is 7. The van der Waals surface area contributed by atoms with Crippen LogP contribution < -0.4 is 11.1 Å². The van der Waals surface area contributed by atoms with Crippen LogP contribution in [-0.2, 0) is 19.1 Å². The van der Waals surface area contributed by atoms with Crippen molar-refractivity contribution in [2.75, 3.05) is 0 Å². The zero-order chi connectivity index (χ0) is 16.8. The predicted octanol–water partition coefficient (Wildman–Crippen LogP) is 0.661. The summed E-state index contributed by atoms with van der Waals surface area (Å²) in [6, 6.07) is -2.04. The molecule has 21 heavy (non-hydrogen) atoms. The van der Waals surface area contributed by atoms with E-state index in [9.17, 15) is 14.4 Å². The maximum Gasteiger partial charge on any atom is 0.329 e. The van der Waals surface area contributed by atoms with Gasteiger partial charge in [0, 0.05) is 0 Å². The van der Waals surface area contributed by atoms with E-state index in [0.29, 0.717) is 6.42 Å². The fraction of sp³-hybridized carbons (Fsp3) is 0.786. The van der Waals surface area contributed by atoms with Crippen LogP contribution in [0, 0.1) is 5.92 Å². The second-order valence-electron chi connectivity index (χ2n) is 6.10. The van der Waals surface area contributed by atoms with Crippen molar-refractivity contribution in [1.29, 1.82) is 0 Å². The number of carboxylic acid groups (broad SMARTS) is 1. The molecule has 0 aromatic carbocycles. The molecule has 0 heterocycles. The summed E-state index contributed by atoms with van der Waals surface area (Å²) in [6.07, 6.45) is 0.151. The zero-order valence-corrected chi connectivity index (χ0v) is 13.3. The minimum Gasteiger partial charge on any atom is -0.481 e. The number of nitrogens with one attached hydrogen (secondary N) is 1. The summed E-state index contributed by atoms with van der Waals surface area (Å²) in [4.78, 5) is 34.8. The lowest BCUT2D eigenvalue weighted by Crippen LogP contribution is -2.52. The monoisotopic (exact) mass is 302 g/mol. The van der Waals surface area contributed by atoms with Gasteiger partial charge in [0.15, 0.2) is 0 Å². The maximum absolute atomic E-state index is 12.0. The number of carbonyl (C=O) groups is 3. The number of carbonyl (C=O) groups excluding carboxylic acids is 2. The van der Waals surface area contributed by atoms with Crippen molar-refractivity contribution in [2.24, 2.45) is 11.7 Å². The Morgan fingerprint density at radius 3 is 2.19 bits per heavy atom. The smallest absolute Gasteiger partial charge is 0.329 e. The summed E-state index contributed by atoms with van der Waals surface area (Å²) in [5, 5.41) is 11.2. The Hall–Kier alpha value is -1.63. The Labute approximate surface area is 125 Å². The number of esters is 1. The van der Waals surface area contributed by atoms with Crippen LogP contribution >= 0.6 is 0 Å². The third-order valence-corrected chi connectivity index (χ3v) is 2.95. The molecule has 7 heteroatoms. The van der Waals surface area contributed by atoms with Gasteiger partial charge >= 0.3 is 11.9 Å². The van der Waals surface area contributed by atoms with Gasteiger partial charge < -0.3 is 20.9 Å². The summed E-state index contributed by atoms with van der Waals surface area (Å²) >= 11 is 0. The van der Waals surface area contributed by atoms with Gasteiger partial charge in [0.05, 0.1) is 12.5 Å². The lowest BCUT2D eigenvalue weighted by molar-refractivity contribution is -0.161. The maximum atomic E-state index is 12.0. The molecule has 0 saturated carbocycles. The lowest BCUT2D eigenvalue weighted by atomic mass is 9.99. The number of nitrogens with two attached hydrogens (primary N) is 1. The molecule has 4 N–H and O–H groups in total. The van der Waals surface area contributed by atoms with E-state index in [1.807, 2.05) is 13.8 Å². The van der Waals surface area contributed by atoms with Crippen LogP contribution in [0.4, 0.5) is 0 Å². The van der Waals surface area contributed by atoms with Gasteiger partial charge in [-0.25, -0.2) is 4.79 Å². The SMILES string of the molecule is CCC(C)C(N)C(=O)NC(CC(=O)O)C(=O)OC(C)(C)C. The Morgan fingerprint density at radius 2 is 1.81 bits per heavy atom. The molecular weight excluding hydrogens is 276 g/mol. The molecule has 0 aliphatic heterocycles. The van der Waals surface area contributed by atoms with Crippen molar-refractivity contribution < 1.29 is 24.2 Å².